The van der Waals surface area contributed by atoms with Crippen LogP contribution in [0.1, 0.15) is 5.69 Å². The number of hydrogen-bond acceptors (Lipinski definition) is 4. The molecule has 3 heterocycles. The largest absolute Gasteiger partial charge is 0.408 e. The van der Waals surface area contributed by atoms with Gasteiger partial charge in [-0.3, -0.25) is 9.67 Å². The molecule has 3 aromatic rings. The molecule has 0 saturated heterocycles. The van der Waals surface area contributed by atoms with Crippen molar-refractivity contribution in [3.63, 3.8) is 0 Å². The van der Waals surface area contributed by atoms with Crippen LogP contribution in [0, 0.1) is 6.92 Å². The van der Waals surface area contributed by atoms with Crippen LogP contribution in [-0.2, 0) is 13.6 Å². The minimum atomic E-state index is -4.45. The second kappa shape index (κ2) is 5.90. The van der Waals surface area contributed by atoms with Gasteiger partial charge >= 0.3 is 6.18 Å². The molecule has 0 N–H and O–H groups in total. The molecule has 0 atom stereocenters. The third kappa shape index (κ3) is 3.12. The van der Waals surface area contributed by atoms with Crippen molar-refractivity contribution in [2.24, 2.45) is 7.05 Å². The molecule has 0 saturated carbocycles. The number of rotatable bonds is 3. The zero-order chi connectivity index (χ0) is 17.5. The van der Waals surface area contributed by atoms with Gasteiger partial charge in [0.15, 0.2) is 11.6 Å². The van der Waals surface area contributed by atoms with Gasteiger partial charge in [-0.05, 0) is 19.1 Å². The highest BCUT2D eigenvalue weighted by atomic mass is 35.5. The first-order chi connectivity index (χ1) is 11.3. The minimum absolute atomic E-state index is 0.0344. The third-order valence-electron chi connectivity index (χ3n) is 3.41. The van der Waals surface area contributed by atoms with Gasteiger partial charge in [-0.2, -0.15) is 23.4 Å². The van der Waals surface area contributed by atoms with Crippen LogP contribution in [0.15, 0.2) is 24.5 Å². The van der Waals surface area contributed by atoms with E-state index in [1.165, 1.54) is 17.1 Å². The van der Waals surface area contributed by atoms with Crippen LogP contribution in [0.2, 0.25) is 5.02 Å². The predicted octanol–water partition coefficient (Wildman–Crippen LogP) is 3.26. The summed E-state index contributed by atoms with van der Waals surface area (Å²) in [6.07, 6.45) is -1.43. The van der Waals surface area contributed by atoms with E-state index in [4.69, 9.17) is 11.6 Å². The van der Waals surface area contributed by atoms with Crippen LogP contribution in [-0.4, -0.2) is 35.7 Å². The molecule has 0 spiro atoms. The summed E-state index contributed by atoms with van der Waals surface area (Å²) < 4.78 is 40.9. The van der Waals surface area contributed by atoms with Crippen molar-refractivity contribution in [1.29, 1.82) is 0 Å². The summed E-state index contributed by atoms with van der Waals surface area (Å²) in [5.41, 5.74) is 1.34. The standard InChI is InChI=1S/C14H12ClF3N6/c1-8-10(15)11(21-23(8)2)13-20-12(9-3-5-19-6-4-9)22-24(13)7-14(16,17)18/h3-6H,7H2,1-2H3. The topological polar surface area (TPSA) is 61.4 Å². The van der Waals surface area contributed by atoms with E-state index in [-0.39, 0.29) is 22.4 Å². The monoisotopic (exact) mass is 356 g/mol. The van der Waals surface area contributed by atoms with E-state index in [9.17, 15) is 13.2 Å². The number of halogens is 4. The second-order valence-electron chi connectivity index (χ2n) is 5.14. The Morgan fingerprint density at radius 2 is 1.83 bits per heavy atom. The Morgan fingerprint density at radius 1 is 1.17 bits per heavy atom. The highest BCUT2D eigenvalue weighted by Crippen LogP contribution is 2.31. The summed E-state index contributed by atoms with van der Waals surface area (Å²) in [7, 11) is 1.65. The Labute approximate surface area is 139 Å². The summed E-state index contributed by atoms with van der Waals surface area (Å²) in [5.74, 6) is 0.115. The number of hydrogen-bond donors (Lipinski definition) is 0. The molecule has 0 fully saturated rings. The number of nitrogens with zero attached hydrogens (tertiary/aromatic N) is 6. The molecule has 24 heavy (non-hydrogen) atoms. The van der Waals surface area contributed by atoms with Crippen LogP contribution in [0.25, 0.3) is 22.9 Å². The molecule has 0 amide bonds. The lowest BCUT2D eigenvalue weighted by atomic mass is 10.2. The van der Waals surface area contributed by atoms with E-state index in [2.05, 4.69) is 20.2 Å². The van der Waals surface area contributed by atoms with Gasteiger partial charge in [-0.1, -0.05) is 11.6 Å². The van der Waals surface area contributed by atoms with E-state index >= 15 is 0 Å². The normalized spacial score (nSPS) is 11.9. The quantitative estimate of drug-likeness (QED) is 0.722. The van der Waals surface area contributed by atoms with E-state index in [1.807, 2.05) is 0 Å². The Morgan fingerprint density at radius 3 is 2.38 bits per heavy atom. The molecule has 126 valence electrons. The molecule has 0 aliphatic rings. The number of pyridine rings is 1. The van der Waals surface area contributed by atoms with Crippen LogP contribution >= 0.6 is 11.6 Å². The van der Waals surface area contributed by atoms with Gasteiger partial charge in [0.2, 0.25) is 0 Å². The lowest BCUT2D eigenvalue weighted by Crippen LogP contribution is -2.19. The number of aromatic nitrogens is 6. The Bertz CT molecular complexity index is 869. The van der Waals surface area contributed by atoms with Gasteiger partial charge in [-0.25, -0.2) is 9.67 Å². The first-order valence-electron chi connectivity index (χ1n) is 6.87. The molecular formula is C14H12ClF3N6. The maximum Gasteiger partial charge on any atom is 0.408 e. The molecule has 0 aromatic carbocycles. The van der Waals surface area contributed by atoms with Crippen LogP contribution in [0.5, 0.6) is 0 Å². The predicted molar refractivity (Wildman–Crippen MR) is 81.3 cm³/mol. The lowest BCUT2D eigenvalue weighted by Gasteiger charge is -2.07. The van der Waals surface area contributed by atoms with Crippen molar-refractivity contribution in [3.05, 3.63) is 35.2 Å². The average Bonchev–Trinajstić information content (AvgIpc) is 3.03. The first-order valence-corrected chi connectivity index (χ1v) is 7.25. The first kappa shape index (κ1) is 16.4. The Hall–Kier alpha value is -2.42. The Kier molecular flexibility index (Phi) is 4.04. The van der Waals surface area contributed by atoms with E-state index < -0.39 is 12.7 Å². The highest BCUT2D eigenvalue weighted by Gasteiger charge is 2.32. The van der Waals surface area contributed by atoms with Gasteiger partial charge in [-0.15, -0.1) is 0 Å². The summed E-state index contributed by atoms with van der Waals surface area (Å²) in [6.45, 7) is 0.430. The molecule has 0 bridgehead atoms. The molecule has 3 rings (SSSR count). The molecule has 0 radical (unpaired) electrons. The molecule has 10 heteroatoms. The number of alkyl halides is 3. The summed E-state index contributed by atoms with van der Waals surface area (Å²) in [4.78, 5) is 8.08. The van der Waals surface area contributed by atoms with Crippen LogP contribution in [0.4, 0.5) is 13.2 Å². The molecule has 0 unspecified atom stereocenters. The number of aryl methyl sites for hydroxylation is 1. The highest BCUT2D eigenvalue weighted by molar-refractivity contribution is 6.33. The van der Waals surface area contributed by atoms with Gasteiger partial charge in [0.1, 0.15) is 12.2 Å². The summed E-state index contributed by atoms with van der Waals surface area (Å²) in [6, 6.07) is 3.23. The smallest absolute Gasteiger partial charge is 0.271 e. The van der Waals surface area contributed by atoms with Crippen molar-refractivity contribution in [3.8, 4) is 22.9 Å². The second-order valence-corrected chi connectivity index (χ2v) is 5.52. The van der Waals surface area contributed by atoms with Gasteiger partial charge in [0.25, 0.3) is 0 Å². The molecule has 6 nitrogen and oxygen atoms in total. The maximum absolute atomic E-state index is 12.9. The summed E-state index contributed by atoms with van der Waals surface area (Å²) >= 11 is 6.19. The van der Waals surface area contributed by atoms with E-state index in [0.717, 1.165) is 4.68 Å². The average molecular weight is 357 g/mol. The van der Waals surface area contributed by atoms with Crippen LogP contribution in [0.3, 0.4) is 0 Å². The van der Waals surface area contributed by atoms with E-state index in [0.29, 0.717) is 11.3 Å². The zero-order valence-corrected chi connectivity index (χ0v) is 13.5. The van der Waals surface area contributed by atoms with Crippen molar-refractivity contribution in [1.82, 2.24) is 29.5 Å². The third-order valence-corrected chi connectivity index (χ3v) is 3.86. The van der Waals surface area contributed by atoms with Crippen LogP contribution < -0.4 is 0 Å². The van der Waals surface area contributed by atoms with E-state index in [1.54, 1.807) is 26.1 Å². The van der Waals surface area contributed by atoms with Gasteiger partial charge in [0, 0.05) is 25.0 Å². The molecule has 0 aliphatic heterocycles. The van der Waals surface area contributed by atoms with Crippen molar-refractivity contribution < 1.29 is 13.2 Å². The molecule has 0 aliphatic carbocycles. The lowest BCUT2D eigenvalue weighted by molar-refractivity contribution is -0.142. The fraction of sp³-hybridized carbons (Fsp3) is 0.286. The molecular weight excluding hydrogens is 345 g/mol. The fourth-order valence-corrected chi connectivity index (χ4v) is 2.39. The molecule has 3 aromatic heterocycles. The zero-order valence-electron chi connectivity index (χ0n) is 12.7. The SMILES string of the molecule is Cc1c(Cl)c(-c2nc(-c3ccncc3)nn2CC(F)(F)F)nn1C. The van der Waals surface area contributed by atoms with Crippen molar-refractivity contribution in [2.75, 3.05) is 0 Å². The maximum atomic E-state index is 12.9. The Balaban J connectivity index is 2.16. The van der Waals surface area contributed by atoms with Crippen molar-refractivity contribution >= 4 is 11.6 Å². The minimum Gasteiger partial charge on any atom is -0.271 e. The van der Waals surface area contributed by atoms with Gasteiger partial charge < -0.3 is 0 Å². The van der Waals surface area contributed by atoms with Crippen molar-refractivity contribution in [2.45, 2.75) is 19.6 Å². The fourth-order valence-electron chi connectivity index (χ4n) is 2.15. The van der Waals surface area contributed by atoms with Gasteiger partial charge in [0.05, 0.1) is 10.7 Å². The summed E-state index contributed by atoms with van der Waals surface area (Å²) in [5, 5.41) is 8.38.